The molecule has 0 aromatic carbocycles. The fourth-order valence-electron chi connectivity index (χ4n) is 2.55. The Morgan fingerprint density at radius 2 is 2.22 bits per heavy atom. The minimum atomic E-state index is -0.993. The molecular weight excluding hydrogens is 300 g/mol. The molecule has 4 N–H and O–H groups in total. The number of aromatic nitrogens is 1. The summed E-state index contributed by atoms with van der Waals surface area (Å²) in [6.07, 6.45) is 4.10. The first kappa shape index (κ1) is 16.6. The highest BCUT2D eigenvalue weighted by molar-refractivity contribution is 6.43. The molecule has 1 aliphatic heterocycles. The molecule has 1 amide bonds. The SMILES string of the molecule is CC(=O)C(=[NH2+])c1ccncc1NCC(=O)N1CCC[C@H]1C(=O)O. The van der Waals surface area contributed by atoms with Gasteiger partial charge in [-0.25, -0.2) is 4.79 Å². The third kappa shape index (κ3) is 3.71. The van der Waals surface area contributed by atoms with Crippen LogP contribution in [0, 0.1) is 0 Å². The number of nitrogens with one attached hydrogen (secondary N) is 1. The van der Waals surface area contributed by atoms with Gasteiger partial charge in [0.2, 0.25) is 17.4 Å². The van der Waals surface area contributed by atoms with Gasteiger partial charge in [0, 0.05) is 19.7 Å². The third-order valence-corrected chi connectivity index (χ3v) is 3.78. The van der Waals surface area contributed by atoms with E-state index in [0.717, 1.165) is 0 Å². The van der Waals surface area contributed by atoms with Gasteiger partial charge in [-0.1, -0.05) is 0 Å². The number of pyridine rings is 1. The van der Waals surface area contributed by atoms with Crippen molar-refractivity contribution in [3.8, 4) is 0 Å². The van der Waals surface area contributed by atoms with Gasteiger partial charge in [-0.2, -0.15) is 0 Å². The van der Waals surface area contributed by atoms with Crippen LogP contribution in [0.2, 0.25) is 0 Å². The number of aliphatic carboxylic acids is 1. The zero-order chi connectivity index (χ0) is 17.0. The van der Waals surface area contributed by atoms with E-state index in [1.165, 1.54) is 24.2 Å². The number of carboxylic acid groups (broad SMARTS) is 1. The summed E-state index contributed by atoms with van der Waals surface area (Å²) in [4.78, 5) is 40.1. The van der Waals surface area contributed by atoms with E-state index in [1.807, 2.05) is 0 Å². The lowest BCUT2D eigenvalue weighted by Crippen LogP contribution is -2.45. The highest BCUT2D eigenvalue weighted by atomic mass is 16.4. The van der Waals surface area contributed by atoms with Crippen LogP contribution in [-0.2, 0) is 14.4 Å². The summed E-state index contributed by atoms with van der Waals surface area (Å²) in [5.41, 5.74) is 1.00. The van der Waals surface area contributed by atoms with Crippen LogP contribution < -0.4 is 10.7 Å². The molecule has 23 heavy (non-hydrogen) atoms. The van der Waals surface area contributed by atoms with Crippen LogP contribution in [0.3, 0.4) is 0 Å². The Kier molecular flexibility index (Phi) is 5.05. The summed E-state index contributed by atoms with van der Waals surface area (Å²) >= 11 is 0. The monoisotopic (exact) mass is 319 g/mol. The zero-order valence-electron chi connectivity index (χ0n) is 12.8. The average molecular weight is 319 g/mol. The lowest BCUT2D eigenvalue weighted by Gasteiger charge is -2.22. The van der Waals surface area contributed by atoms with Crippen molar-refractivity contribution in [1.29, 1.82) is 0 Å². The lowest BCUT2D eigenvalue weighted by molar-refractivity contribution is -0.147. The average Bonchev–Trinajstić information content (AvgIpc) is 3.02. The van der Waals surface area contributed by atoms with Gasteiger partial charge in [0.25, 0.3) is 0 Å². The summed E-state index contributed by atoms with van der Waals surface area (Å²) in [6.45, 7) is 1.69. The van der Waals surface area contributed by atoms with Crippen molar-refractivity contribution in [2.24, 2.45) is 0 Å². The van der Waals surface area contributed by atoms with Crippen LogP contribution in [0.5, 0.6) is 0 Å². The Morgan fingerprint density at radius 3 is 2.87 bits per heavy atom. The molecule has 1 fully saturated rings. The summed E-state index contributed by atoms with van der Waals surface area (Å²) in [7, 11) is 0. The van der Waals surface area contributed by atoms with Crippen molar-refractivity contribution < 1.29 is 24.9 Å². The predicted octanol–water partition coefficient (Wildman–Crippen LogP) is -1.29. The number of carbonyl (C=O) groups is 3. The first-order chi connectivity index (χ1) is 10.9. The molecule has 2 heterocycles. The van der Waals surface area contributed by atoms with E-state index in [0.29, 0.717) is 30.6 Å². The Balaban J connectivity index is 2.07. The van der Waals surface area contributed by atoms with Crippen molar-refractivity contribution in [3.05, 3.63) is 24.0 Å². The summed E-state index contributed by atoms with van der Waals surface area (Å²) in [6, 6.07) is 0.811. The number of amides is 1. The number of carbonyl (C=O) groups excluding carboxylic acids is 2. The number of nitrogens with zero attached hydrogens (tertiary/aromatic N) is 2. The van der Waals surface area contributed by atoms with Crippen LogP contribution in [0.4, 0.5) is 5.69 Å². The van der Waals surface area contributed by atoms with E-state index >= 15 is 0 Å². The van der Waals surface area contributed by atoms with Crippen LogP contribution in [-0.4, -0.2) is 57.5 Å². The molecule has 8 nitrogen and oxygen atoms in total. The van der Waals surface area contributed by atoms with Gasteiger partial charge >= 0.3 is 5.97 Å². The largest absolute Gasteiger partial charge is 0.480 e. The first-order valence-electron chi connectivity index (χ1n) is 7.25. The number of hydrogen-bond acceptors (Lipinski definition) is 5. The Hall–Kier alpha value is -2.77. The number of hydrogen-bond donors (Lipinski definition) is 3. The number of carboxylic acids is 1. The number of ketones is 1. The number of likely N-dealkylation sites (tertiary alicyclic amines) is 1. The van der Waals surface area contributed by atoms with Crippen molar-refractivity contribution in [1.82, 2.24) is 9.88 Å². The molecule has 0 radical (unpaired) electrons. The number of anilines is 1. The molecule has 122 valence electrons. The fraction of sp³-hybridized carbons (Fsp3) is 0.400. The summed E-state index contributed by atoms with van der Waals surface area (Å²) < 4.78 is 0. The minimum absolute atomic E-state index is 0.0759. The predicted molar refractivity (Wildman–Crippen MR) is 81.8 cm³/mol. The molecule has 8 heteroatoms. The van der Waals surface area contributed by atoms with Gasteiger partial charge in [0.15, 0.2) is 0 Å². The van der Waals surface area contributed by atoms with Crippen molar-refractivity contribution in [2.75, 3.05) is 18.4 Å². The second-order valence-electron chi connectivity index (χ2n) is 5.33. The van der Waals surface area contributed by atoms with Crippen LogP contribution in [0.25, 0.3) is 0 Å². The quantitative estimate of drug-likeness (QED) is 0.560. The standard InChI is InChI=1S/C15H18N4O4/c1-9(20)14(16)10-4-5-17-7-11(10)18-8-13(21)19-6-2-3-12(19)15(22)23/h4-5,7,12,16,18H,2-3,6,8H2,1H3,(H,22,23)/p+1/t12-/m0/s1. The van der Waals surface area contributed by atoms with E-state index < -0.39 is 12.0 Å². The Labute approximate surface area is 133 Å². The second kappa shape index (κ2) is 6.99. The summed E-state index contributed by atoms with van der Waals surface area (Å²) in [5, 5.41) is 17.8. The van der Waals surface area contributed by atoms with Gasteiger partial charge < -0.3 is 15.3 Å². The maximum absolute atomic E-state index is 12.2. The molecule has 1 aliphatic rings. The molecule has 1 aromatic heterocycles. The minimum Gasteiger partial charge on any atom is -0.480 e. The van der Waals surface area contributed by atoms with E-state index in [2.05, 4.69) is 10.3 Å². The van der Waals surface area contributed by atoms with Gasteiger partial charge in [0.05, 0.1) is 24.0 Å². The van der Waals surface area contributed by atoms with Crippen molar-refractivity contribution >= 4 is 29.1 Å². The molecule has 1 saturated heterocycles. The molecule has 0 aliphatic carbocycles. The lowest BCUT2D eigenvalue weighted by atomic mass is 10.1. The number of nitrogens with two attached hydrogens (primary N) is 1. The number of rotatable bonds is 6. The molecule has 0 spiro atoms. The first-order valence-corrected chi connectivity index (χ1v) is 7.25. The van der Waals surface area contributed by atoms with E-state index in [9.17, 15) is 14.4 Å². The van der Waals surface area contributed by atoms with Crippen molar-refractivity contribution in [3.63, 3.8) is 0 Å². The molecule has 1 atom stereocenters. The highest BCUT2D eigenvalue weighted by Crippen LogP contribution is 2.18. The molecule has 0 unspecified atom stereocenters. The normalized spacial score (nSPS) is 16.9. The zero-order valence-corrected chi connectivity index (χ0v) is 12.8. The smallest absolute Gasteiger partial charge is 0.326 e. The third-order valence-electron chi connectivity index (χ3n) is 3.78. The molecule has 0 bridgehead atoms. The van der Waals surface area contributed by atoms with Gasteiger partial charge in [0.1, 0.15) is 6.04 Å². The van der Waals surface area contributed by atoms with Gasteiger partial charge in [-0.15, -0.1) is 0 Å². The Morgan fingerprint density at radius 1 is 1.48 bits per heavy atom. The van der Waals surface area contributed by atoms with Crippen molar-refractivity contribution in [2.45, 2.75) is 25.8 Å². The topological polar surface area (TPSA) is 125 Å². The van der Waals surface area contributed by atoms with Crippen LogP contribution >= 0.6 is 0 Å². The second-order valence-corrected chi connectivity index (χ2v) is 5.33. The summed E-state index contributed by atoms with van der Waals surface area (Å²) in [5.74, 6) is -1.59. The van der Waals surface area contributed by atoms with Crippen LogP contribution in [0.1, 0.15) is 25.3 Å². The molecule has 0 saturated carbocycles. The Bertz CT molecular complexity index is 659. The molecular formula is C15H19N4O4+. The van der Waals surface area contributed by atoms with Crippen LogP contribution in [0.15, 0.2) is 18.5 Å². The molecule has 2 rings (SSSR count). The molecule has 1 aromatic rings. The fourth-order valence-corrected chi connectivity index (χ4v) is 2.55. The van der Waals surface area contributed by atoms with E-state index in [-0.39, 0.29) is 23.9 Å². The van der Waals surface area contributed by atoms with E-state index in [4.69, 9.17) is 10.5 Å². The van der Waals surface area contributed by atoms with Gasteiger partial charge in [-0.3, -0.25) is 20.0 Å². The van der Waals surface area contributed by atoms with Gasteiger partial charge in [-0.05, 0) is 18.9 Å². The maximum atomic E-state index is 12.2. The highest BCUT2D eigenvalue weighted by Gasteiger charge is 2.33. The maximum Gasteiger partial charge on any atom is 0.326 e. The number of Topliss-reactive ketones (excluding diaryl/α,β-unsaturated/α-hetero) is 1. The van der Waals surface area contributed by atoms with E-state index in [1.54, 1.807) is 6.07 Å².